The van der Waals surface area contributed by atoms with Crippen LogP contribution in [0, 0.1) is 34.5 Å². The molecule has 0 spiro atoms. The van der Waals surface area contributed by atoms with Gasteiger partial charge in [0.15, 0.2) is 18.9 Å². The Hall–Kier alpha value is -2.26. The lowest BCUT2D eigenvalue weighted by atomic mass is 9.46. The zero-order valence-electron chi connectivity index (χ0n) is 40.1. The first-order valence-electron chi connectivity index (χ1n) is 24.5. The number of hydrogen-bond donors (Lipinski definition) is 11. The molecule has 69 heavy (non-hydrogen) atoms. The van der Waals surface area contributed by atoms with E-state index in [9.17, 15) is 65.8 Å². The van der Waals surface area contributed by atoms with E-state index < -0.39 is 153 Å². The summed E-state index contributed by atoms with van der Waals surface area (Å²) in [6.45, 7) is 8.74. The molecule has 0 aromatic carbocycles. The number of aliphatic hydroxyl groups excluding tert-OH is 10. The Morgan fingerprint density at radius 3 is 1.87 bits per heavy atom. The number of rotatable bonds is 12. The second-order valence-electron chi connectivity index (χ2n) is 21.6. The second kappa shape index (κ2) is 20.2. The highest BCUT2D eigenvalue weighted by atomic mass is 16.8. The third kappa shape index (κ3) is 9.27. The van der Waals surface area contributed by atoms with E-state index in [1.807, 2.05) is 13.8 Å². The number of fused-ring (bicyclic) bond motifs is 5. The van der Waals surface area contributed by atoms with Gasteiger partial charge in [0.1, 0.15) is 91.1 Å². The minimum Gasteiger partial charge on any atom is -0.462 e. The summed E-state index contributed by atoms with van der Waals surface area (Å²) in [7, 11) is 0. The molecule has 3 saturated heterocycles. The minimum absolute atomic E-state index is 0.0587. The number of allylic oxidation sites excluding steroid dienone is 1. The molecular weight excluding hydrogens is 913 g/mol. The average molecular weight is 987 g/mol. The van der Waals surface area contributed by atoms with Crippen LogP contribution in [0.1, 0.15) is 92.9 Å². The van der Waals surface area contributed by atoms with Crippen LogP contribution in [0.3, 0.4) is 0 Å². The first-order chi connectivity index (χ1) is 32.5. The molecule has 0 radical (unpaired) electrons. The molecular formula is C48H74O21. The molecule has 0 amide bonds. The second-order valence-corrected chi connectivity index (χ2v) is 21.6. The summed E-state index contributed by atoms with van der Waals surface area (Å²) in [4.78, 5) is 25.8. The number of carbonyl (C=O) groups excluding carboxylic acids is 2. The van der Waals surface area contributed by atoms with Crippen LogP contribution in [0.4, 0.5) is 0 Å². The number of aliphatic hydroxyl groups is 11. The Labute approximate surface area is 400 Å². The SMILES string of the molecule is CC(=O)OC1CC(OC2OC(CO)C(O)C(OC3OC(CO)C(O)C(O)C3O)C2OC2OC(CO)C(O)C(O)C2O)CC2=CCC3C4CCC(C(C)(O)C5CC(C)=C(C)C(=O)O5)C4(C)CCC3C21C. The van der Waals surface area contributed by atoms with Crippen molar-refractivity contribution in [3.63, 3.8) is 0 Å². The summed E-state index contributed by atoms with van der Waals surface area (Å²) >= 11 is 0. The van der Waals surface area contributed by atoms with Gasteiger partial charge in [0.05, 0.1) is 25.9 Å². The fourth-order valence-electron chi connectivity index (χ4n) is 13.8. The normalized spacial score (nSPS) is 50.0. The first kappa shape index (κ1) is 53.0. The van der Waals surface area contributed by atoms with Crippen molar-refractivity contribution in [1.82, 2.24) is 0 Å². The van der Waals surface area contributed by atoms with Crippen LogP contribution < -0.4 is 0 Å². The van der Waals surface area contributed by atoms with Gasteiger partial charge in [-0.25, -0.2) is 4.79 Å². The van der Waals surface area contributed by atoms with E-state index in [4.69, 9.17) is 37.9 Å². The van der Waals surface area contributed by atoms with Crippen LogP contribution in [0.5, 0.6) is 0 Å². The molecule has 0 aromatic rings. The highest BCUT2D eigenvalue weighted by Crippen LogP contribution is 2.68. The third-order valence-corrected chi connectivity index (χ3v) is 17.9. The number of esters is 2. The Morgan fingerprint density at radius 1 is 0.739 bits per heavy atom. The summed E-state index contributed by atoms with van der Waals surface area (Å²) in [6.07, 6.45) is -21.5. The van der Waals surface area contributed by atoms with Crippen LogP contribution in [-0.2, 0) is 47.5 Å². The summed E-state index contributed by atoms with van der Waals surface area (Å²) in [5.74, 6) is -0.641. The van der Waals surface area contributed by atoms with Crippen molar-refractivity contribution in [2.45, 2.75) is 209 Å². The van der Waals surface area contributed by atoms with Crippen molar-refractivity contribution in [1.29, 1.82) is 0 Å². The minimum atomic E-state index is -1.96. The van der Waals surface area contributed by atoms with Gasteiger partial charge >= 0.3 is 11.9 Å². The molecule has 4 aliphatic heterocycles. The molecule has 6 fully saturated rings. The Morgan fingerprint density at radius 2 is 1.30 bits per heavy atom. The highest BCUT2D eigenvalue weighted by Gasteiger charge is 2.65. The highest BCUT2D eigenvalue weighted by molar-refractivity contribution is 5.89. The van der Waals surface area contributed by atoms with E-state index in [0.717, 1.165) is 36.8 Å². The van der Waals surface area contributed by atoms with Crippen LogP contribution in [0.15, 0.2) is 22.8 Å². The summed E-state index contributed by atoms with van der Waals surface area (Å²) in [6, 6.07) is 0. The first-order valence-corrected chi connectivity index (χ1v) is 24.5. The Bertz CT molecular complexity index is 1920. The van der Waals surface area contributed by atoms with E-state index in [-0.39, 0.29) is 35.5 Å². The Balaban J connectivity index is 1.08. The molecule has 3 saturated carbocycles. The number of ether oxygens (including phenoxy) is 8. The van der Waals surface area contributed by atoms with Crippen molar-refractivity contribution in [3.8, 4) is 0 Å². The van der Waals surface area contributed by atoms with Gasteiger partial charge in [-0.05, 0) is 88.4 Å². The van der Waals surface area contributed by atoms with Gasteiger partial charge in [-0.15, -0.1) is 0 Å². The van der Waals surface area contributed by atoms with Gasteiger partial charge < -0.3 is 94.1 Å². The number of cyclic esters (lactones) is 1. The zero-order chi connectivity index (χ0) is 50.2. The molecule has 21 nitrogen and oxygen atoms in total. The van der Waals surface area contributed by atoms with Gasteiger partial charge in [-0.1, -0.05) is 31.1 Å². The number of carbonyl (C=O) groups is 2. The summed E-state index contributed by atoms with van der Waals surface area (Å²) < 4.78 is 48.5. The maximum Gasteiger partial charge on any atom is 0.334 e. The van der Waals surface area contributed by atoms with Crippen LogP contribution in [0.25, 0.3) is 0 Å². The zero-order valence-corrected chi connectivity index (χ0v) is 40.1. The van der Waals surface area contributed by atoms with Crippen LogP contribution >= 0.6 is 0 Å². The maximum absolute atomic E-state index is 13.0. The van der Waals surface area contributed by atoms with E-state index in [1.54, 1.807) is 6.92 Å². The van der Waals surface area contributed by atoms with E-state index in [0.29, 0.717) is 24.8 Å². The van der Waals surface area contributed by atoms with Gasteiger partial charge in [0.25, 0.3) is 0 Å². The van der Waals surface area contributed by atoms with Gasteiger partial charge in [0.2, 0.25) is 0 Å². The van der Waals surface area contributed by atoms with Crippen molar-refractivity contribution in [2.75, 3.05) is 19.8 Å². The van der Waals surface area contributed by atoms with Gasteiger partial charge in [-0.3, -0.25) is 4.79 Å². The average Bonchev–Trinajstić information content (AvgIpc) is 3.68. The van der Waals surface area contributed by atoms with E-state index in [2.05, 4.69) is 19.9 Å². The van der Waals surface area contributed by atoms with Crippen molar-refractivity contribution >= 4 is 11.9 Å². The fraction of sp³-hybridized carbons (Fsp3) is 0.875. The number of hydrogen-bond acceptors (Lipinski definition) is 21. The molecule has 25 atom stereocenters. The molecule has 0 bridgehead atoms. The molecule has 8 rings (SSSR count). The predicted octanol–water partition coefficient (Wildman–Crippen LogP) is -1.66. The van der Waals surface area contributed by atoms with Crippen molar-refractivity contribution in [3.05, 3.63) is 22.8 Å². The molecule has 25 unspecified atom stereocenters. The molecule has 392 valence electrons. The molecule has 21 heteroatoms. The quantitative estimate of drug-likeness (QED) is 0.0770. The summed E-state index contributed by atoms with van der Waals surface area (Å²) in [5, 5.41) is 119. The molecule has 4 heterocycles. The third-order valence-electron chi connectivity index (χ3n) is 17.9. The Kier molecular flexibility index (Phi) is 15.5. The molecule has 0 aromatic heterocycles. The summed E-state index contributed by atoms with van der Waals surface area (Å²) in [5.41, 5.74) is 0.234. The molecule has 8 aliphatic rings. The maximum atomic E-state index is 13.0. The van der Waals surface area contributed by atoms with Crippen LogP contribution in [0.2, 0.25) is 0 Å². The fourth-order valence-corrected chi connectivity index (χ4v) is 13.8. The van der Waals surface area contributed by atoms with Crippen molar-refractivity contribution < 1.29 is 104 Å². The van der Waals surface area contributed by atoms with Crippen molar-refractivity contribution in [2.24, 2.45) is 34.5 Å². The van der Waals surface area contributed by atoms with E-state index in [1.165, 1.54) is 6.92 Å². The lowest BCUT2D eigenvalue weighted by Gasteiger charge is -2.60. The molecule has 4 aliphatic carbocycles. The largest absolute Gasteiger partial charge is 0.462 e. The lowest BCUT2D eigenvalue weighted by Crippen LogP contribution is -2.67. The van der Waals surface area contributed by atoms with Crippen LogP contribution in [-0.4, -0.2) is 204 Å². The lowest BCUT2D eigenvalue weighted by molar-refractivity contribution is -0.396. The van der Waals surface area contributed by atoms with E-state index >= 15 is 0 Å². The molecule has 11 N–H and O–H groups in total. The topological polar surface area (TPSA) is 331 Å². The van der Waals surface area contributed by atoms with Gasteiger partial charge in [0, 0.05) is 30.8 Å². The monoisotopic (exact) mass is 986 g/mol. The smallest absolute Gasteiger partial charge is 0.334 e. The standard InChI is InChI=1S/C48H74O21/c1-19-13-32(67-42(60)20(19)2)48(6,61)30-10-9-25-24-8-7-22-14-23(15-31(62-21(3)52)47(22,5)26(24)11-12-46(25,30)4)63-45-41(69-44-39(59)37(57)34(54)28(17-50)65-44)40(35(55)29(18-51)66-45)68-43-38(58)36(56)33(53)27(16-49)64-43/h7,23-41,43-45,49-51,53-59,61H,8-18H2,1-6H3. The predicted molar refractivity (Wildman–Crippen MR) is 234 cm³/mol. The van der Waals surface area contributed by atoms with Gasteiger partial charge in [-0.2, -0.15) is 0 Å².